The van der Waals surface area contributed by atoms with Crippen molar-refractivity contribution in [2.75, 3.05) is 13.2 Å². The third kappa shape index (κ3) is 9.25. The number of carbonyl (C=O) groups is 1. The molecule has 0 bridgehead atoms. The first-order chi connectivity index (χ1) is 12.7. The highest BCUT2D eigenvalue weighted by Crippen LogP contribution is 2.18. The quantitative estimate of drug-likeness (QED) is 0.508. The van der Waals surface area contributed by atoms with E-state index in [0.717, 1.165) is 25.7 Å². The predicted octanol–water partition coefficient (Wildman–Crippen LogP) is 3.99. The highest BCUT2D eigenvalue weighted by Gasteiger charge is 2.32. The van der Waals surface area contributed by atoms with E-state index in [9.17, 15) is 15.0 Å². The number of amides is 1. The molecule has 0 fully saturated rings. The maximum atomic E-state index is 12.0. The minimum atomic E-state index is -1.05. The van der Waals surface area contributed by atoms with Crippen LogP contribution in [-0.2, 0) is 17.6 Å². The fourth-order valence-electron chi connectivity index (χ4n) is 2.92. The Hall–Kier alpha value is -1.59. The van der Waals surface area contributed by atoms with Gasteiger partial charge in [0.05, 0.1) is 18.8 Å². The molecule has 1 amide bonds. The number of hydrogen-bond donors (Lipinski definition) is 3. The number of nitrogens with one attached hydrogen (secondary N) is 1. The molecule has 5 heteroatoms. The maximum Gasteiger partial charge on any atom is 0.408 e. The Labute approximate surface area is 164 Å². The molecule has 1 aromatic rings. The van der Waals surface area contributed by atoms with Gasteiger partial charge in [0, 0.05) is 0 Å². The van der Waals surface area contributed by atoms with Crippen LogP contribution in [0.2, 0.25) is 0 Å². The molecule has 3 N–H and O–H groups in total. The molecule has 0 radical (unpaired) electrons. The summed E-state index contributed by atoms with van der Waals surface area (Å²) in [5.41, 5.74) is 0.992. The summed E-state index contributed by atoms with van der Waals surface area (Å²) in [7, 11) is 0. The molecule has 1 aromatic carbocycles. The summed E-state index contributed by atoms with van der Waals surface area (Å²) < 4.78 is 5.24. The number of unbranched alkanes of at least 4 members (excludes halogenated alkanes) is 2. The molecule has 0 saturated heterocycles. The van der Waals surface area contributed by atoms with Crippen molar-refractivity contribution in [2.24, 2.45) is 0 Å². The van der Waals surface area contributed by atoms with Crippen molar-refractivity contribution >= 4 is 6.09 Å². The number of benzene rings is 1. The van der Waals surface area contributed by atoms with Crippen LogP contribution in [0.15, 0.2) is 24.3 Å². The number of hydrogen-bond acceptors (Lipinski definition) is 4. The van der Waals surface area contributed by atoms with E-state index in [4.69, 9.17) is 4.74 Å². The Kier molecular flexibility index (Phi) is 9.81. The monoisotopic (exact) mass is 379 g/mol. The van der Waals surface area contributed by atoms with Crippen LogP contribution in [0, 0.1) is 0 Å². The van der Waals surface area contributed by atoms with Gasteiger partial charge in [-0.1, -0.05) is 44.0 Å². The predicted molar refractivity (Wildman–Crippen MR) is 109 cm³/mol. The van der Waals surface area contributed by atoms with Crippen LogP contribution in [0.4, 0.5) is 4.79 Å². The second-order valence-electron chi connectivity index (χ2n) is 8.35. The maximum absolute atomic E-state index is 12.0. The van der Waals surface area contributed by atoms with Crippen molar-refractivity contribution in [1.29, 1.82) is 0 Å². The van der Waals surface area contributed by atoms with Gasteiger partial charge in [0.25, 0.3) is 0 Å². The van der Waals surface area contributed by atoms with Crippen LogP contribution >= 0.6 is 0 Å². The number of carbonyl (C=O) groups excluding carboxylic acids is 1. The Balaban J connectivity index is 2.46. The lowest BCUT2D eigenvalue weighted by Gasteiger charge is -2.32. The van der Waals surface area contributed by atoms with E-state index in [2.05, 4.69) is 36.5 Å². The molecule has 154 valence electrons. The Morgan fingerprint density at radius 2 is 1.48 bits per heavy atom. The number of alkyl carbamates (subject to hydrolysis) is 1. The Morgan fingerprint density at radius 3 is 1.93 bits per heavy atom. The summed E-state index contributed by atoms with van der Waals surface area (Å²) in [6.07, 6.45) is 6.07. The van der Waals surface area contributed by atoms with Crippen molar-refractivity contribution in [2.45, 2.75) is 83.8 Å². The van der Waals surface area contributed by atoms with Gasteiger partial charge >= 0.3 is 6.09 Å². The lowest BCUT2D eigenvalue weighted by atomic mass is 9.93. The first-order valence-corrected chi connectivity index (χ1v) is 10.0. The topological polar surface area (TPSA) is 78.8 Å². The second-order valence-corrected chi connectivity index (χ2v) is 8.35. The average molecular weight is 380 g/mol. The zero-order chi connectivity index (χ0) is 20.3. The van der Waals surface area contributed by atoms with E-state index >= 15 is 0 Å². The molecule has 5 nitrogen and oxygen atoms in total. The molecule has 0 aromatic heterocycles. The third-order valence-electron chi connectivity index (χ3n) is 4.58. The largest absolute Gasteiger partial charge is 0.444 e. The molecule has 0 heterocycles. The summed E-state index contributed by atoms with van der Waals surface area (Å²) in [5.74, 6) is 0. The van der Waals surface area contributed by atoms with E-state index in [1.807, 2.05) is 0 Å². The van der Waals surface area contributed by atoms with E-state index in [1.165, 1.54) is 24.0 Å². The van der Waals surface area contributed by atoms with Crippen molar-refractivity contribution in [3.05, 3.63) is 35.4 Å². The highest BCUT2D eigenvalue weighted by atomic mass is 16.6. The number of aryl methyl sites for hydroxylation is 2. The Bertz CT molecular complexity index is 544. The lowest BCUT2D eigenvalue weighted by Crippen LogP contribution is -2.55. The van der Waals surface area contributed by atoms with Gasteiger partial charge in [0.15, 0.2) is 0 Å². The standard InChI is InChI=1S/C22H37NO4/c1-5-6-9-18-11-13-19(14-12-18)10-7-8-15-22(16-24,17-25)23-20(26)27-21(2,3)4/h11-14,24-25H,5-10,15-17H2,1-4H3,(H,23,26). The van der Waals surface area contributed by atoms with E-state index in [-0.39, 0.29) is 13.2 Å². The molecular weight excluding hydrogens is 342 g/mol. The van der Waals surface area contributed by atoms with Gasteiger partial charge < -0.3 is 20.3 Å². The number of aliphatic hydroxyl groups is 2. The van der Waals surface area contributed by atoms with Crippen LogP contribution in [0.5, 0.6) is 0 Å². The number of rotatable bonds is 11. The van der Waals surface area contributed by atoms with Crippen LogP contribution in [0.3, 0.4) is 0 Å². The molecule has 0 saturated carbocycles. The molecule has 27 heavy (non-hydrogen) atoms. The normalized spacial score (nSPS) is 12.1. The zero-order valence-corrected chi connectivity index (χ0v) is 17.4. The van der Waals surface area contributed by atoms with Crippen molar-refractivity contribution in [3.63, 3.8) is 0 Å². The number of ether oxygens (including phenoxy) is 1. The van der Waals surface area contributed by atoms with Gasteiger partial charge in [-0.3, -0.25) is 0 Å². The van der Waals surface area contributed by atoms with Gasteiger partial charge in [0.2, 0.25) is 0 Å². The van der Waals surface area contributed by atoms with Gasteiger partial charge in [-0.15, -0.1) is 0 Å². The molecule has 0 spiro atoms. The van der Waals surface area contributed by atoms with E-state index in [0.29, 0.717) is 6.42 Å². The minimum Gasteiger partial charge on any atom is -0.444 e. The smallest absolute Gasteiger partial charge is 0.408 e. The minimum absolute atomic E-state index is 0.325. The van der Waals surface area contributed by atoms with Gasteiger partial charge in [0.1, 0.15) is 5.60 Å². The molecule has 0 aliphatic carbocycles. The molecule has 0 atom stereocenters. The van der Waals surface area contributed by atoms with Crippen LogP contribution in [-0.4, -0.2) is 40.7 Å². The van der Waals surface area contributed by atoms with Gasteiger partial charge in [-0.05, 0) is 64.0 Å². The van der Waals surface area contributed by atoms with Crippen LogP contribution < -0.4 is 5.32 Å². The average Bonchev–Trinajstić information content (AvgIpc) is 2.62. The van der Waals surface area contributed by atoms with Crippen molar-refractivity contribution < 1.29 is 19.7 Å². The molecule has 0 unspecified atom stereocenters. The summed E-state index contributed by atoms with van der Waals surface area (Å²) >= 11 is 0. The first-order valence-electron chi connectivity index (χ1n) is 10.0. The fourth-order valence-corrected chi connectivity index (χ4v) is 2.92. The lowest BCUT2D eigenvalue weighted by molar-refractivity contribution is 0.0270. The molecule has 1 rings (SSSR count). The SMILES string of the molecule is CCCCc1ccc(CCCCC(CO)(CO)NC(=O)OC(C)(C)C)cc1. The van der Waals surface area contributed by atoms with Crippen LogP contribution in [0.1, 0.15) is 70.9 Å². The molecule has 0 aliphatic rings. The van der Waals surface area contributed by atoms with Crippen molar-refractivity contribution in [3.8, 4) is 0 Å². The summed E-state index contributed by atoms with van der Waals surface area (Å²) in [4.78, 5) is 12.0. The molecular formula is C22H37NO4. The zero-order valence-electron chi connectivity index (χ0n) is 17.4. The third-order valence-corrected chi connectivity index (χ3v) is 4.58. The summed E-state index contributed by atoms with van der Waals surface area (Å²) in [6.45, 7) is 6.88. The Morgan fingerprint density at radius 1 is 0.963 bits per heavy atom. The summed E-state index contributed by atoms with van der Waals surface area (Å²) in [6, 6.07) is 8.74. The van der Waals surface area contributed by atoms with E-state index in [1.54, 1.807) is 20.8 Å². The van der Waals surface area contributed by atoms with Gasteiger partial charge in [-0.25, -0.2) is 4.79 Å². The second kappa shape index (κ2) is 11.3. The highest BCUT2D eigenvalue weighted by molar-refractivity contribution is 5.68. The van der Waals surface area contributed by atoms with Crippen molar-refractivity contribution in [1.82, 2.24) is 5.32 Å². The van der Waals surface area contributed by atoms with Gasteiger partial charge in [-0.2, -0.15) is 0 Å². The van der Waals surface area contributed by atoms with E-state index < -0.39 is 17.2 Å². The molecule has 0 aliphatic heterocycles. The van der Waals surface area contributed by atoms with Crippen LogP contribution in [0.25, 0.3) is 0 Å². The fraction of sp³-hybridized carbons (Fsp3) is 0.682. The number of aliphatic hydroxyl groups excluding tert-OH is 2. The summed E-state index contributed by atoms with van der Waals surface area (Å²) in [5, 5.41) is 22.1. The first kappa shape index (κ1) is 23.4.